The van der Waals surface area contributed by atoms with Gasteiger partial charge in [-0.15, -0.1) is 0 Å². The van der Waals surface area contributed by atoms with Crippen LogP contribution < -0.4 is 10.5 Å². The third kappa shape index (κ3) is 4.02. The summed E-state index contributed by atoms with van der Waals surface area (Å²) in [6.45, 7) is 8.81. The Balaban J connectivity index is 2.91. The van der Waals surface area contributed by atoms with E-state index >= 15 is 0 Å². The lowest BCUT2D eigenvalue weighted by atomic mass is 9.85. The van der Waals surface area contributed by atoms with Gasteiger partial charge in [0.25, 0.3) is 0 Å². The van der Waals surface area contributed by atoms with Crippen molar-refractivity contribution in [3.8, 4) is 5.75 Å². The molecule has 0 amide bonds. The number of ether oxygens (including phenoxy) is 1. The summed E-state index contributed by atoms with van der Waals surface area (Å²) in [6, 6.07) is 5.80. The second-order valence-corrected chi connectivity index (χ2v) is 5.50. The third-order valence-electron chi connectivity index (χ3n) is 2.63. The molecular weight excluding hydrogens is 214 g/mol. The zero-order chi connectivity index (χ0) is 13.1. The second kappa shape index (κ2) is 5.52. The fourth-order valence-corrected chi connectivity index (χ4v) is 1.61. The molecule has 0 radical (unpaired) electrons. The number of hydrogen-bond donors (Lipinski definition) is 2. The van der Waals surface area contributed by atoms with Crippen LogP contribution in [0.5, 0.6) is 5.75 Å². The summed E-state index contributed by atoms with van der Waals surface area (Å²) in [5.41, 5.74) is 8.05. The summed E-state index contributed by atoms with van der Waals surface area (Å²) in [5, 5.41) is 8.88. The van der Waals surface area contributed by atoms with Crippen LogP contribution in [0.3, 0.4) is 0 Å². The van der Waals surface area contributed by atoms with E-state index in [0.717, 1.165) is 5.75 Å². The van der Waals surface area contributed by atoms with Crippen molar-refractivity contribution in [3.05, 3.63) is 29.3 Å². The molecule has 17 heavy (non-hydrogen) atoms. The number of aliphatic hydroxyl groups excluding tert-OH is 1. The normalized spacial score (nSPS) is 13.5. The van der Waals surface area contributed by atoms with Gasteiger partial charge in [0.15, 0.2) is 0 Å². The molecule has 96 valence electrons. The van der Waals surface area contributed by atoms with E-state index in [0.29, 0.717) is 6.61 Å². The van der Waals surface area contributed by atoms with E-state index in [1.54, 1.807) is 0 Å². The average molecular weight is 237 g/mol. The molecule has 3 N–H and O–H groups in total. The van der Waals surface area contributed by atoms with E-state index in [9.17, 15) is 0 Å². The van der Waals surface area contributed by atoms with Gasteiger partial charge >= 0.3 is 0 Å². The van der Waals surface area contributed by atoms with Crippen LogP contribution >= 0.6 is 0 Å². The highest BCUT2D eigenvalue weighted by Gasteiger charge is 2.19. The van der Waals surface area contributed by atoms with E-state index in [-0.39, 0.29) is 18.1 Å². The lowest BCUT2D eigenvalue weighted by molar-refractivity contribution is 0.204. The number of aliphatic hydroxyl groups is 1. The number of hydrogen-bond acceptors (Lipinski definition) is 3. The molecule has 1 aromatic carbocycles. The molecule has 0 aliphatic carbocycles. The van der Waals surface area contributed by atoms with Crippen LogP contribution in [-0.2, 0) is 5.41 Å². The first-order valence-corrected chi connectivity index (χ1v) is 5.95. The molecule has 1 unspecified atom stereocenters. The molecule has 0 saturated heterocycles. The van der Waals surface area contributed by atoms with Crippen molar-refractivity contribution >= 4 is 0 Å². The van der Waals surface area contributed by atoms with Crippen LogP contribution in [0, 0.1) is 6.92 Å². The third-order valence-corrected chi connectivity index (χ3v) is 2.63. The maximum atomic E-state index is 8.88. The second-order valence-electron chi connectivity index (χ2n) is 5.50. The maximum Gasteiger partial charge on any atom is 0.123 e. The topological polar surface area (TPSA) is 55.5 Å². The van der Waals surface area contributed by atoms with Crippen LogP contribution in [0.25, 0.3) is 0 Å². The van der Waals surface area contributed by atoms with E-state index in [4.69, 9.17) is 15.6 Å². The molecule has 3 nitrogen and oxygen atoms in total. The molecule has 0 fully saturated rings. The molecule has 0 aliphatic heterocycles. The zero-order valence-corrected chi connectivity index (χ0v) is 11.2. The van der Waals surface area contributed by atoms with Gasteiger partial charge in [0, 0.05) is 0 Å². The van der Waals surface area contributed by atoms with Crippen LogP contribution in [0.2, 0.25) is 0 Å². The lowest BCUT2D eigenvalue weighted by Gasteiger charge is -2.24. The van der Waals surface area contributed by atoms with Gasteiger partial charge < -0.3 is 15.6 Å². The average Bonchev–Trinajstić information content (AvgIpc) is 2.25. The first-order valence-electron chi connectivity index (χ1n) is 5.95. The Bertz CT molecular complexity index is 369. The van der Waals surface area contributed by atoms with Gasteiger partial charge in [-0.2, -0.15) is 0 Å². The van der Waals surface area contributed by atoms with Crippen LogP contribution in [-0.4, -0.2) is 24.4 Å². The largest absolute Gasteiger partial charge is 0.492 e. The molecule has 0 aromatic heterocycles. The lowest BCUT2D eigenvalue weighted by Crippen LogP contribution is -2.31. The number of benzene rings is 1. The van der Waals surface area contributed by atoms with Gasteiger partial charge in [-0.3, -0.25) is 0 Å². The summed E-state index contributed by atoms with van der Waals surface area (Å²) < 4.78 is 5.69. The number of rotatable bonds is 4. The highest BCUT2D eigenvalue weighted by Crippen LogP contribution is 2.32. The summed E-state index contributed by atoms with van der Waals surface area (Å²) in [7, 11) is 0. The smallest absolute Gasteiger partial charge is 0.123 e. The fourth-order valence-electron chi connectivity index (χ4n) is 1.61. The van der Waals surface area contributed by atoms with Crippen LogP contribution in [0.4, 0.5) is 0 Å². The molecule has 0 saturated carbocycles. The fraction of sp³-hybridized carbons (Fsp3) is 0.571. The molecule has 1 aromatic rings. The molecule has 1 rings (SSSR count). The Kier molecular flexibility index (Phi) is 4.54. The SMILES string of the molecule is Cc1ccc(OCC(N)CO)c(C(C)(C)C)c1. The number of nitrogens with two attached hydrogens (primary N) is 1. The van der Waals surface area contributed by atoms with Gasteiger partial charge in [-0.05, 0) is 24.0 Å². The van der Waals surface area contributed by atoms with Crippen molar-refractivity contribution in [2.24, 2.45) is 5.73 Å². The minimum atomic E-state index is -0.330. The summed E-state index contributed by atoms with van der Waals surface area (Å²) in [6.07, 6.45) is 0. The Hall–Kier alpha value is -1.06. The van der Waals surface area contributed by atoms with Crippen molar-refractivity contribution < 1.29 is 9.84 Å². The van der Waals surface area contributed by atoms with Crippen molar-refractivity contribution in [1.82, 2.24) is 0 Å². The Morgan fingerprint density at radius 2 is 2.00 bits per heavy atom. The predicted octanol–water partition coefficient (Wildman–Crippen LogP) is 1.99. The molecule has 3 heteroatoms. The first kappa shape index (κ1) is 14.0. The maximum absolute atomic E-state index is 8.88. The zero-order valence-electron chi connectivity index (χ0n) is 11.2. The Morgan fingerprint density at radius 1 is 1.35 bits per heavy atom. The highest BCUT2D eigenvalue weighted by atomic mass is 16.5. The van der Waals surface area contributed by atoms with Gasteiger partial charge in [0.2, 0.25) is 0 Å². The van der Waals surface area contributed by atoms with Crippen molar-refractivity contribution in [2.45, 2.75) is 39.2 Å². The predicted molar refractivity (Wildman–Crippen MR) is 70.4 cm³/mol. The summed E-state index contributed by atoms with van der Waals surface area (Å²) >= 11 is 0. The standard InChI is InChI=1S/C14H23NO2/c1-10-5-6-13(17-9-11(15)8-16)12(7-10)14(2,3)4/h5-7,11,16H,8-9,15H2,1-4H3. The molecule has 0 bridgehead atoms. The molecule has 0 spiro atoms. The molecule has 0 aliphatic rings. The minimum Gasteiger partial charge on any atom is -0.492 e. The van der Waals surface area contributed by atoms with Gasteiger partial charge in [0.05, 0.1) is 12.6 Å². The van der Waals surface area contributed by atoms with Crippen molar-refractivity contribution in [3.63, 3.8) is 0 Å². The Labute approximate surface area is 104 Å². The van der Waals surface area contributed by atoms with Gasteiger partial charge in [0.1, 0.15) is 12.4 Å². The molecule has 0 heterocycles. The van der Waals surface area contributed by atoms with E-state index in [1.807, 2.05) is 12.1 Å². The van der Waals surface area contributed by atoms with Crippen LogP contribution in [0.15, 0.2) is 18.2 Å². The summed E-state index contributed by atoms with van der Waals surface area (Å²) in [4.78, 5) is 0. The molecule has 1 atom stereocenters. The Morgan fingerprint density at radius 3 is 2.53 bits per heavy atom. The monoisotopic (exact) mass is 237 g/mol. The van der Waals surface area contributed by atoms with E-state index in [2.05, 4.69) is 33.8 Å². The van der Waals surface area contributed by atoms with E-state index < -0.39 is 0 Å². The molecular formula is C14H23NO2. The highest BCUT2D eigenvalue weighted by molar-refractivity contribution is 5.41. The number of aryl methyl sites for hydroxylation is 1. The summed E-state index contributed by atoms with van der Waals surface area (Å²) in [5.74, 6) is 0.854. The van der Waals surface area contributed by atoms with E-state index in [1.165, 1.54) is 11.1 Å². The first-order chi connectivity index (χ1) is 7.84. The van der Waals surface area contributed by atoms with Gasteiger partial charge in [-0.25, -0.2) is 0 Å². The van der Waals surface area contributed by atoms with Gasteiger partial charge in [-0.1, -0.05) is 38.5 Å². The van der Waals surface area contributed by atoms with Crippen molar-refractivity contribution in [1.29, 1.82) is 0 Å². The van der Waals surface area contributed by atoms with Crippen LogP contribution in [0.1, 0.15) is 31.9 Å². The minimum absolute atomic E-state index is 0.0324. The quantitative estimate of drug-likeness (QED) is 0.842. The van der Waals surface area contributed by atoms with Crippen molar-refractivity contribution in [2.75, 3.05) is 13.2 Å².